The monoisotopic (exact) mass is 309 g/mol. The molecular weight excluding hydrogens is 299 g/mol. The fourth-order valence-corrected chi connectivity index (χ4v) is 1.70. The average molecular weight is 310 g/mol. The molecule has 0 bridgehead atoms. The van der Waals surface area contributed by atoms with E-state index in [1.807, 2.05) is 6.07 Å². The van der Waals surface area contributed by atoms with Gasteiger partial charge in [-0.1, -0.05) is 11.6 Å². The SMILES string of the molecule is COc1cc(C#N)cc(Cl)c1OC[C@H](O)CC(F)(F)F. The summed E-state index contributed by atoms with van der Waals surface area (Å²) < 4.78 is 46.1. The van der Waals surface area contributed by atoms with Crippen LogP contribution in [0.25, 0.3) is 0 Å². The van der Waals surface area contributed by atoms with Crippen LogP contribution in [0.2, 0.25) is 5.02 Å². The van der Waals surface area contributed by atoms with E-state index >= 15 is 0 Å². The van der Waals surface area contributed by atoms with Gasteiger partial charge in [-0.15, -0.1) is 0 Å². The third-order valence-electron chi connectivity index (χ3n) is 2.25. The summed E-state index contributed by atoms with van der Waals surface area (Å²) in [7, 11) is 1.30. The van der Waals surface area contributed by atoms with Crippen molar-refractivity contribution in [1.82, 2.24) is 0 Å². The van der Waals surface area contributed by atoms with Crippen LogP contribution in [-0.2, 0) is 0 Å². The number of ether oxygens (including phenoxy) is 2. The predicted molar refractivity (Wildman–Crippen MR) is 64.9 cm³/mol. The van der Waals surface area contributed by atoms with Crippen molar-refractivity contribution >= 4 is 11.6 Å². The van der Waals surface area contributed by atoms with E-state index in [0.29, 0.717) is 0 Å². The van der Waals surface area contributed by atoms with Gasteiger partial charge in [-0.25, -0.2) is 0 Å². The van der Waals surface area contributed by atoms with Crippen molar-refractivity contribution in [3.63, 3.8) is 0 Å². The lowest BCUT2D eigenvalue weighted by Crippen LogP contribution is -2.25. The molecule has 0 fully saturated rings. The van der Waals surface area contributed by atoms with Crippen LogP contribution in [0.1, 0.15) is 12.0 Å². The van der Waals surface area contributed by atoms with E-state index in [0.717, 1.165) is 0 Å². The standard InChI is InChI=1S/C12H11ClF3NO3/c1-19-10-3-7(5-17)2-9(13)11(10)20-6-8(18)4-12(14,15)16/h2-3,8,18H,4,6H2,1H3/t8-/m1/s1. The van der Waals surface area contributed by atoms with Gasteiger partial charge in [0.15, 0.2) is 11.5 Å². The summed E-state index contributed by atoms with van der Waals surface area (Å²) in [4.78, 5) is 0. The molecule has 0 heterocycles. The van der Waals surface area contributed by atoms with Crippen LogP contribution >= 0.6 is 11.6 Å². The Bertz CT molecular complexity index is 514. The van der Waals surface area contributed by atoms with Gasteiger partial charge in [0.05, 0.1) is 36.3 Å². The minimum Gasteiger partial charge on any atom is -0.493 e. The Morgan fingerprint density at radius 3 is 2.60 bits per heavy atom. The van der Waals surface area contributed by atoms with Gasteiger partial charge in [0.2, 0.25) is 0 Å². The molecule has 110 valence electrons. The number of aliphatic hydroxyl groups excluding tert-OH is 1. The fourth-order valence-electron chi connectivity index (χ4n) is 1.43. The Morgan fingerprint density at radius 2 is 2.10 bits per heavy atom. The molecule has 0 saturated heterocycles. The topological polar surface area (TPSA) is 62.5 Å². The van der Waals surface area contributed by atoms with Gasteiger partial charge in [0, 0.05) is 6.07 Å². The van der Waals surface area contributed by atoms with E-state index in [2.05, 4.69) is 0 Å². The molecular formula is C12H11ClF3NO3. The van der Waals surface area contributed by atoms with Crippen LogP contribution in [0.15, 0.2) is 12.1 Å². The minimum absolute atomic E-state index is 0.0140. The van der Waals surface area contributed by atoms with E-state index in [9.17, 15) is 18.3 Å². The highest BCUT2D eigenvalue weighted by molar-refractivity contribution is 6.32. The van der Waals surface area contributed by atoms with E-state index < -0.39 is 25.3 Å². The molecule has 0 spiro atoms. The third-order valence-corrected chi connectivity index (χ3v) is 2.53. The molecule has 1 aromatic carbocycles. The first-order valence-corrected chi connectivity index (χ1v) is 5.80. The molecule has 1 aromatic rings. The van der Waals surface area contributed by atoms with Crippen LogP contribution in [0.3, 0.4) is 0 Å². The van der Waals surface area contributed by atoms with Crippen molar-refractivity contribution in [2.45, 2.75) is 18.7 Å². The Labute approximate surface area is 118 Å². The minimum atomic E-state index is -4.48. The highest BCUT2D eigenvalue weighted by Crippen LogP contribution is 2.36. The average Bonchev–Trinajstić information content (AvgIpc) is 2.34. The van der Waals surface area contributed by atoms with Crippen molar-refractivity contribution < 1.29 is 27.8 Å². The number of hydrogen-bond donors (Lipinski definition) is 1. The molecule has 1 rings (SSSR count). The van der Waals surface area contributed by atoms with Crippen molar-refractivity contribution in [2.24, 2.45) is 0 Å². The smallest absolute Gasteiger partial charge is 0.391 e. The van der Waals surface area contributed by atoms with Gasteiger partial charge in [0.1, 0.15) is 6.61 Å². The van der Waals surface area contributed by atoms with Gasteiger partial charge in [-0.2, -0.15) is 18.4 Å². The summed E-state index contributed by atoms with van der Waals surface area (Å²) >= 11 is 5.85. The quantitative estimate of drug-likeness (QED) is 0.908. The van der Waals surface area contributed by atoms with E-state index in [4.69, 9.17) is 26.3 Å². The molecule has 1 atom stereocenters. The van der Waals surface area contributed by atoms with Crippen LogP contribution in [0, 0.1) is 11.3 Å². The van der Waals surface area contributed by atoms with E-state index in [1.54, 1.807) is 0 Å². The Hall–Kier alpha value is -1.65. The lowest BCUT2D eigenvalue weighted by molar-refractivity contribution is -0.156. The first kappa shape index (κ1) is 16.4. The Morgan fingerprint density at radius 1 is 1.45 bits per heavy atom. The van der Waals surface area contributed by atoms with Crippen molar-refractivity contribution in [2.75, 3.05) is 13.7 Å². The van der Waals surface area contributed by atoms with Gasteiger partial charge >= 0.3 is 6.18 Å². The van der Waals surface area contributed by atoms with Crippen molar-refractivity contribution in [3.05, 3.63) is 22.7 Å². The number of nitriles is 1. The maximum Gasteiger partial charge on any atom is 0.391 e. The molecule has 0 aliphatic heterocycles. The lowest BCUT2D eigenvalue weighted by Gasteiger charge is -2.16. The van der Waals surface area contributed by atoms with E-state index in [-0.39, 0.29) is 22.1 Å². The lowest BCUT2D eigenvalue weighted by atomic mass is 10.2. The van der Waals surface area contributed by atoms with Crippen molar-refractivity contribution in [3.8, 4) is 17.6 Å². The summed E-state index contributed by atoms with van der Waals surface area (Å²) in [5.74, 6) is 0.0858. The molecule has 0 aromatic heterocycles. The summed E-state index contributed by atoms with van der Waals surface area (Å²) in [5.41, 5.74) is 0.218. The van der Waals surface area contributed by atoms with Gasteiger partial charge in [0.25, 0.3) is 0 Å². The second-order valence-electron chi connectivity index (χ2n) is 3.89. The summed E-state index contributed by atoms with van der Waals surface area (Å²) in [5, 5.41) is 18.0. The number of alkyl halides is 3. The zero-order valence-corrected chi connectivity index (χ0v) is 11.1. The van der Waals surface area contributed by atoms with Gasteiger partial charge in [-0.3, -0.25) is 0 Å². The van der Waals surface area contributed by atoms with Crippen LogP contribution in [-0.4, -0.2) is 31.1 Å². The molecule has 0 unspecified atom stereocenters. The molecule has 8 heteroatoms. The summed E-state index contributed by atoms with van der Waals surface area (Å²) in [6.07, 6.45) is -7.59. The zero-order valence-electron chi connectivity index (χ0n) is 10.4. The Balaban J connectivity index is 2.80. The molecule has 0 amide bonds. The summed E-state index contributed by atoms with van der Waals surface area (Å²) in [6.45, 7) is -0.596. The second kappa shape index (κ2) is 6.68. The second-order valence-corrected chi connectivity index (χ2v) is 4.29. The first-order chi connectivity index (χ1) is 9.26. The molecule has 4 nitrogen and oxygen atoms in total. The summed E-state index contributed by atoms with van der Waals surface area (Å²) in [6, 6.07) is 4.47. The number of aliphatic hydroxyl groups is 1. The maximum absolute atomic E-state index is 12.1. The largest absolute Gasteiger partial charge is 0.493 e. The third kappa shape index (κ3) is 4.79. The van der Waals surface area contributed by atoms with E-state index in [1.165, 1.54) is 19.2 Å². The van der Waals surface area contributed by atoms with Gasteiger partial charge in [-0.05, 0) is 6.07 Å². The molecule has 0 aliphatic rings. The number of rotatable bonds is 5. The highest BCUT2D eigenvalue weighted by Gasteiger charge is 2.31. The number of methoxy groups -OCH3 is 1. The van der Waals surface area contributed by atoms with Gasteiger partial charge < -0.3 is 14.6 Å². The number of halogens is 4. The van der Waals surface area contributed by atoms with Crippen LogP contribution in [0.4, 0.5) is 13.2 Å². The van der Waals surface area contributed by atoms with Crippen LogP contribution in [0.5, 0.6) is 11.5 Å². The molecule has 20 heavy (non-hydrogen) atoms. The predicted octanol–water partition coefficient (Wildman–Crippen LogP) is 2.91. The van der Waals surface area contributed by atoms with Crippen LogP contribution < -0.4 is 9.47 Å². The Kier molecular flexibility index (Phi) is 5.48. The number of benzene rings is 1. The normalized spacial score (nSPS) is 12.7. The van der Waals surface area contributed by atoms with Crippen molar-refractivity contribution in [1.29, 1.82) is 5.26 Å². The number of nitrogens with zero attached hydrogens (tertiary/aromatic N) is 1. The maximum atomic E-state index is 12.1. The molecule has 1 N–H and O–H groups in total. The molecule has 0 saturated carbocycles. The first-order valence-electron chi connectivity index (χ1n) is 5.42. The molecule has 0 aliphatic carbocycles. The fraction of sp³-hybridized carbons (Fsp3) is 0.417. The highest BCUT2D eigenvalue weighted by atomic mass is 35.5. The zero-order chi connectivity index (χ0) is 15.3. The molecule has 0 radical (unpaired) electrons. The number of hydrogen-bond acceptors (Lipinski definition) is 4.